The smallest absolute Gasteiger partial charge is 0.251 e. The van der Waals surface area contributed by atoms with Crippen molar-refractivity contribution in [1.82, 2.24) is 10.3 Å². The Morgan fingerprint density at radius 2 is 2.11 bits per heavy atom. The molecule has 0 saturated heterocycles. The minimum absolute atomic E-state index is 0.0339. The van der Waals surface area contributed by atoms with Crippen LogP contribution in [-0.2, 0) is 4.79 Å². The topological polar surface area (TPSA) is 86.4 Å². The molecule has 2 aromatic rings. The Morgan fingerprint density at radius 1 is 1.33 bits per heavy atom. The Labute approximate surface area is 159 Å². The molecule has 2 amide bonds. The standard InChI is InChI=1S/C20H25N5O2/c1-5-21-20(27)14-7-6-8-15(9-14)23-18-10-17-16(11-22-18)24-19(26)13(4)25(17)12(2)3/h6-13H,5H2,1-4H3,(H,21,27)(H,22,23)(H,24,26). The van der Waals surface area contributed by atoms with Crippen molar-refractivity contribution in [2.45, 2.75) is 39.8 Å². The van der Waals surface area contributed by atoms with Crippen LogP contribution in [0.4, 0.5) is 22.9 Å². The van der Waals surface area contributed by atoms with E-state index in [2.05, 4.69) is 39.7 Å². The molecule has 0 bridgehead atoms. The van der Waals surface area contributed by atoms with Gasteiger partial charge in [-0.25, -0.2) is 4.98 Å². The van der Waals surface area contributed by atoms with Gasteiger partial charge in [0, 0.05) is 29.9 Å². The number of hydrogen-bond donors (Lipinski definition) is 3. The molecule has 7 nitrogen and oxygen atoms in total. The zero-order valence-electron chi connectivity index (χ0n) is 16.0. The van der Waals surface area contributed by atoms with E-state index >= 15 is 0 Å². The number of aromatic nitrogens is 1. The molecule has 1 aromatic heterocycles. The van der Waals surface area contributed by atoms with Crippen molar-refractivity contribution < 1.29 is 9.59 Å². The van der Waals surface area contributed by atoms with Gasteiger partial charge in [0.2, 0.25) is 5.91 Å². The van der Waals surface area contributed by atoms with Crippen LogP contribution >= 0.6 is 0 Å². The molecule has 0 aliphatic carbocycles. The number of amides is 2. The molecule has 1 unspecified atom stereocenters. The number of hydrogen-bond acceptors (Lipinski definition) is 5. The molecule has 27 heavy (non-hydrogen) atoms. The van der Waals surface area contributed by atoms with Crippen molar-refractivity contribution in [3.05, 3.63) is 42.1 Å². The fraction of sp³-hybridized carbons (Fsp3) is 0.350. The lowest BCUT2D eigenvalue weighted by Crippen LogP contribution is -2.49. The van der Waals surface area contributed by atoms with E-state index in [-0.39, 0.29) is 23.9 Å². The van der Waals surface area contributed by atoms with Crippen LogP contribution in [0.15, 0.2) is 36.5 Å². The molecule has 0 saturated carbocycles. The molecule has 0 spiro atoms. The number of pyridine rings is 1. The Hall–Kier alpha value is -3.09. The minimum Gasteiger partial charge on any atom is -0.356 e. The van der Waals surface area contributed by atoms with Gasteiger partial charge < -0.3 is 20.9 Å². The molecule has 142 valence electrons. The summed E-state index contributed by atoms with van der Waals surface area (Å²) in [5, 5.41) is 8.94. The van der Waals surface area contributed by atoms with Crippen LogP contribution in [0.25, 0.3) is 0 Å². The lowest BCUT2D eigenvalue weighted by Gasteiger charge is -2.39. The third kappa shape index (κ3) is 3.86. The van der Waals surface area contributed by atoms with E-state index in [4.69, 9.17) is 0 Å². The lowest BCUT2D eigenvalue weighted by molar-refractivity contribution is -0.117. The fourth-order valence-corrected chi connectivity index (χ4v) is 3.27. The second kappa shape index (κ2) is 7.65. The number of nitrogens with zero attached hydrogens (tertiary/aromatic N) is 2. The van der Waals surface area contributed by atoms with Crippen LogP contribution in [0, 0.1) is 0 Å². The molecule has 1 aromatic carbocycles. The van der Waals surface area contributed by atoms with Crippen LogP contribution < -0.4 is 20.9 Å². The van der Waals surface area contributed by atoms with E-state index in [9.17, 15) is 9.59 Å². The van der Waals surface area contributed by atoms with Crippen LogP contribution in [0.2, 0.25) is 0 Å². The Morgan fingerprint density at radius 3 is 2.81 bits per heavy atom. The van der Waals surface area contributed by atoms with E-state index in [0.717, 1.165) is 11.4 Å². The predicted molar refractivity (Wildman–Crippen MR) is 108 cm³/mol. The van der Waals surface area contributed by atoms with Gasteiger partial charge in [-0.3, -0.25) is 9.59 Å². The van der Waals surface area contributed by atoms with Gasteiger partial charge in [0.05, 0.1) is 17.6 Å². The first-order valence-electron chi connectivity index (χ1n) is 9.15. The van der Waals surface area contributed by atoms with Crippen molar-refractivity contribution in [1.29, 1.82) is 0 Å². The first kappa shape index (κ1) is 18.7. The van der Waals surface area contributed by atoms with E-state index < -0.39 is 0 Å². The third-order valence-electron chi connectivity index (χ3n) is 4.51. The zero-order chi connectivity index (χ0) is 19.6. The van der Waals surface area contributed by atoms with Gasteiger partial charge in [-0.1, -0.05) is 6.07 Å². The summed E-state index contributed by atoms with van der Waals surface area (Å²) in [6, 6.07) is 9.10. The van der Waals surface area contributed by atoms with Gasteiger partial charge in [0.1, 0.15) is 11.9 Å². The van der Waals surface area contributed by atoms with Gasteiger partial charge in [0.15, 0.2) is 0 Å². The van der Waals surface area contributed by atoms with Crippen LogP contribution in [0.1, 0.15) is 38.1 Å². The highest BCUT2D eigenvalue weighted by Gasteiger charge is 2.31. The molecule has 2 heterocycles. The van der Waals surface area contributed by atoms with Crippen LogP contribution in [0.5, 0.6) is 0 Å². The monoisotopic (exact) mass is 367 g/mol. The maximum absolute atomic E-state index is 12.2. The van der Waals surface area contributed by atoms with Crippen molar-refractivity contribution in [2.75, 3.05) is 22.1 Å². The number of nitrogens with one attached hydrogen (secondary N) is 3. The summed E-state index contributed by atoms with van der Waals surface area (Å²) in [6.45, 7) is 8.47. The highest BCUT2D eigenvalue weighted by Crippen LogP contribution is 2.35. The molecule has 3 rings (SSSR count). The quantitative estimate of drug-likeness (QED) is 0.756. The first-order valence-corrected chi connectivity index (χ1v) is 9.15. The molecule has 3 N–H and O–H groups in total. The van der Waals surface area contributed by atoms with Crippen molar-refractivity contribution in [3.8, 4) is 0 Å². The number of anilines is 4. The van der Waals surface area contributed by atoms with Gasteiger partial charge in [-0.05, 0) is 45.9 Å². The fourth-order valence-electron chi connectivity index (χ4n) is 3.27. The number of carbonyl (C=O) groups is 2. The maximum atomic E-state index is 12.2. The Balaban J connectivity index is 1.89. The Kier molecular flexibility index (Phi) is 5.30. The third-order valence-corrected chi connectivity index (χ3v) is 4.51. The van der Waals surface area contributed by atoms with E-state index in [1.54, 1.807) is 18.3 Å². The van der Waals surface area contributed by atoms with Gasteiger partial charge in [-0.2, -0.15) is 0 Å². The number of carbonyl (C=O) groups excluding carboxylic acids is 2. The first-order chi connectivity index (χ1) is 12.9. The summed E-state index contributed by atoms with van der Waals surface area (Å²) in [5.74, 6) is 0.506. The second-order valence-electron chi connectivity index (χ2n) is 6.82. The molecule has 1 atom stereocenters. The van der Waals surface area contributed by atoms with Crippen LogP contribution in [0.3, 0.4) is 0 Å². The zero-order valence-corrected chi connectivity index (χ0v) is 16.0. The molecule has 1 aliphatic heterocycles. The maximum Gasteiger partial charge on any atom is 0.251 e. The van der Waals surface area contributed by atoms with E-state index in [0.29, 0.717) is 23.6 Å². The van der Waals surface area contributed by atoms with Gasteiger partial charge in [-0.15, -0.1) is 0 Å². The van der Waals surface area contributed by atoms with Crippen molar-refractivity contribution in [2.24, 2.45) is 0 Å². The average molecular weight is 367 g/mol. The van der Waals surface area contributed by atoms with Crippen LogP contribution in [-0.4, -0.2) is 35.4 Å². The number of fused-ring (bicyclic) bond motifs is 1. The number of benzene rings is 1. The summed E-state index contributed by atoms with van der Waals surface area (Å²) >= 11 is 0. The van der Waals surface area contributed by atoms with E-state index in [1.807, 2.05) is 32.0 Å². The highest BCUT2D eigenvalue weighted by atomic mass is 16.2. The largest absolute Gasteiger partial charge is 0.356 e. The summed E-state index contributed by atoms with van der Waals surface area (Å²) in [5.41, 5.74) is 2.99. The Bertz CT molecular complexity index is 865. The average Bonchev–Trinajstić information content (AvgIpc) is 2.63. The molecular weight excluding hydrogens is 342 g/mol. The SMILES string of the molecule is CCNC(=O)c1cccc(Nc2cc3c(cn2)NC(=O)C(C)N3C(C)C)c1. The molecule has 0 fully saturated rings. The van der Waals surface area contributed by atoms with Crippen molar-refractivity contribution >= 4 is 34.7 Å². The molecular formula is C20H25N5O2. The predicted octanol–water partition coefficient (Wildman–Crippen LogP) is 3.13. The molecule has 0 radical (unpaired) electrons. The second-order valence-corrected chi connectivity index (χ2v) is 6.82. The molecule has 1 aliphatic rings. The minimum atomic E-state index is -0.256. The summed E-state index contributed by atoms with van der Waals surface area (Å²) in [6.07, 6.45) is 1.66. The highest BCUT2D eigenvalue weighted by molar-refractivity contribution is 6.03. The molecule has 7 heteroatoms. The van der Waals surface area contributed by atoms with Crippen molar-refractivity contribution in [3.63, 3.8) is 0 Å². The summed E-state index contributed by atoms with van der Waals surface area (Å²) < 4.78 is 0. The number of rotatable bonds is 5. The summed E-state index contributed by atoms with van der Waals surface area (Å²) in [7, 11) is 0. The van der Waals surface area contributed by atoms with Gasteiger partial charge in [0.25, 0.3) is 5.91 Å². The summed E-state index contributed by atoms with van der Waals surface area (Å²) in [4.78, 5) is 30.7. The van der Waals surface area contributed by atoms with Gasteiger partial charge >= 0.3 is 0 Å². The lowest BCUT2D eigenvalue weighted by atomic mass is 10.1. The van der Waals surface area contributed by atoms with E-state index in [1.165, 1.54) is 0 Å². The normalized spacial score (nSPS) is 16.0.